The van der Waals surface area contributed by atoms with E-state index < -0.39 is 11.8 Å². The molecule has 2 aromatic carbocycles. The van der Waals surface area contributed by atoms with Crippen LogP contribution < -0.4 is 5.48 Å². The maximum Gasteiger partial charge on any atom is 0.261 e. The third-order valence-electron chi connectivity index (χ3n) is 4.63. The Morgan fingerprint density at radius 3 is 2.08 bits per heavy atom. The molecule has 134 valence electrons. The number of benzene rings is 2. The van der Waals surface area contributed by atoms with Crippen molar-refractivity contribution in [2.24, 2.45) is 0 Å². The van der Waals surface area contributed by atoms with Crippen LogP contribution in [-0.2, 0) is 4.79 Å². The van der Waals surface area contributed by atoms with Crippen molar-refractivity contribution in [2.45, 2.75) is 25.2 Å². The maximum absolute atomic E-state index is 12.3. The molecular formula is C20H20N2O4. The van der Waals surface area contributed by atoms with Crippen LogP contribution in [0.25, 0.3) is 0 Å². The molecule has 1 aliphatic rings. The number of hydroxylamine groups is 1. The first kappa shape index (κ1) is 17.8. The molecule has 1 aliphatic heterocycles. The summed E-state index contributed by atoms with van der Waals surface area (Å²) in [4.78, 5) is 37.8. The topological polar surface area (TPSA) is 86.7 Å². The largest absolute Gasteiger partial charge is 0.289 e. The first-order valence-corrected chi connectivity index (χ1v) is 8.57. The van der Waals surface area contributed by atoms with Crippen LogP contribution in [0.3, 0.4) is 0 Å². The zero-order valence-electron chi connectivity index (χ0n) is 14.2. The molecule has 3 amide bonds. The van der Waals surface area contributed by atoms with Gasteiger partial charge in [-0.25, -0.2) is 5.48 Å². The Balaban J connectivity index is 1.57. The minimum Gasteiger partial charge on any atom is -0.289 e. The lowest BCUT2D eigenvalue weighted by molar-refractivity contribution is -0.131. The normalized spacial score (nSPS) is 14.3. The Morgan fingerprint density at radius 2 is 1.50 bits per heavy atom. The summed E-state index contributed by atoms with van der Waals surface area (Å²) in [6.45, 7) is 0.314. The van der Waals surface area contributed by atoms with Crippen LogP contribution >= 0.6 is 0 Å². The van der Waals surface area contributed by atoms with E-state index in [1.54, 1.807) is 29.7 Å². The standard InChI is InChI=1S/C20H20N2O4/c23-18(21-26)15(14-8-2-1-3-9-14)10-6-7-13-22-19(24)16-11-4-5-12-17(16)20(22)25/h1-5,8-9,11-12,15,26H,6-7,10,13H2,(H,21,23)/t15-/m0/s1. The number of carbonyl (C=O) groups is 3. The Labute approximate surface area is 151 Å². The Hall–Kier alpha value is -2.99. The van der Waals surface area contributed by atoms with E-state index in [1.165, 1.54) is 4.90 Å². The van der Waals surface area contributed by atoms with Crippen LogP contribution in [0.15, 0.2) is 54.6 Å². The second-order valence-corrected chi connectivity index (χ2v) is 6.24. The average molecular weight is 352 g/mol. The van der Waals surface area contributed by atoms with Crippen LogP contribution in [0.5, 0.6) is 0 Å². The minimum atomic E-state index is -0.469. The number of imide groups is 1. The van der Waals surface area contributed by atoms with Gasteiger partial charge in [0.15, 0.2) is 0 Å². The molecule has 0 aliphatic carbocycles. The number of rotatable bonds is 7. The minimum absolute atomic E-state index is 0.265. The van der Waals surface area contributed by atoms with E-state index in [9.17, 15) is 14.4 Å². The van der Waals surface area contributed by atoms with E-state index in [0.29, 0.717) is 36.9 Å². The molecule has 2 N–H and O–H groups in total. The van der Waals surface area contributed by atoms with Gasteiger partial charge in [-0.05, 0) is 30.5 Å². The maximum atomic E-state index is 12.3. The zero-order valence-corrected chi connectivity index (χ0v) is 14.2. The highest BCUT2D eigenvalue weighted by atomic mass is 16.5. The van der Waals surface area contributed by atoms with Crippen molar-refractivity contribution in [1.82, 2.24) is 10.4 Å². The molecule has 0 bridgehead atoms. The zero-order chi connectivity index (χ0) is 18.5. The SMILES string of the molecule is O=C(NO)[C@@H](CCCCN1C(=O)c2ccccc2C1=O)c1ccccc1. The molecule has 0 saturated heterocycles. The van der Waals surface area contributed by atoms with Crippen LogP contribution in [0.2, 0.25) is 0 Å². The number of nitrogens with one attached hydrogen (secondary N) is 1. The van der Waals surface area contributed by atoms with E-state index >= 15 is 0 Å². The molecule has 0 fully saturated rings. The first-order chi connectivity index (χ1) is 12.6. The highest BCUT2D eigenvalue weighted by Crippen LogP contribution is 2.25. The van der Waals surface area contributed by atoms with Gasteiger partial charge in [0.2, 0.25) is 0 Å². The van der Waals surface area contributed by atoms with Crippen molar-refractivity contribution < 1.29 is 19.6 Å². The third-order valence-corrected chi connectivity index (χ3v) is 4.63. The van der Waals surface area contributed by atoms with Gasteiger partial charge in [0, 0.05) is 6.54 Å². The number of hydrogen-bond acceptors (Lipinski definition) is 4. The lowest BCUT2D eigenvalue weighted by Crippen LogP contribution is -2.31. The number of amides is 3. The summed E-state index contributed by atoms with van der Waals surface area (Å²) in [5.41, 5.74) is 3.42. The molecule has 2 aromatic rings. The van der Waals surface area contributed by atoms with Crippen LogP contribution in [0, 0.1) is 0 Å². The van der Waals surface area contributed by atoms with Gasteiger partial charge < -0.3 is 0 Å². The van der Waals surface area contributed by atoms with Crippen molar-refractivity contribution >= 4 is 17.7 Å². The molecule has 0 spiro atoms. The summed E-state index contributed by atoms with van der Waals surface area (Å²) in [6, 6.07) is 16.0. The van der Waals surface area contributed by atoms with Gasteiger partial charge in [0.1, 0.15) is 0 Å². The second-order valence-electron chi connectivity index (χ2n) is 6.24. The lowest BCUT2D eigenvalue weighted by atomic mass is 9.93. The predicted octanol–water partition coefficient (Wildman–Crippen LogP) is 2.74. The fraction of sp³-hybridized carbons (Fsp3) is 0.250. The molecule has 1 atom stereocenters. The van der Waals surface area contributed by atoms with Gasteiger partial charge in [-0.3, -0.25) is 24.5 Å². The smallest absolute Gasteiger partial charge is 0.261 e. The summed E-state index contributed by atoms with van der Waals surface area (Å²) in [7, 11) is 0. The summed E-state index contributed by atoms with van der Waals surface area (Å²) in [5.74, 6) is -1.46. The van der Waals surface area contributed by atoms with Gasteiger partial charge in [-0.1, -0.05) is 48.9 Å². The van der Waals surface area contributed by atoms with Gasteiger partial charge in [0.05, 0.1) is 17.0 Å². The highest BCUT2D eigenvalue weighted by Gasteiger charge is 2.34. The second kappa shape index (κ2) is 7.93. The van der Waals surface area contributed by atoms with Crippen molar-refractivity contribution in [2.75, 3.05) is 6.54 Å². The molecule has 0 aromatic heterocycles. The monoisotopic (exact) mass is 352 g/mol. The predicted molar refractivity (Wildman–Crippen MR) is 94.8 cm³/mol. The van der Waals surface area contributed by atoms with Crippen molar-refractivity contribution in [3.05, 3.63) is 71.3 Å². The highest BCUT2D eigenvalue weighted by molar-refractivity contribution is 6.21. The molecule has 6 heteroatoms. The first-order valence-electron chi connectivity index (χ1n) is 8.57. The molecule has 0 saturated carbocycles. The van der Waals surface area contributed by atoms with E-state index in [4.69, 9.17) is 5.21 Å². The molecular weight excluding hydrogens is 332 g/mol. The van der Waals surface area contributed by atoms with Crippen LogP contribution in [-0.4, -0.2) is 34.4 Å². The number of unbranched alkanes of at least 4 members (excludes halogenated alkanes) is 1. The average Bonchev–Trinajstić information content (AvgIpc) is 2.93. The summed E-state index contributed by atoms with van der Waals surface area (Å²) in [6.07, 6.45) is 1.74. The van der Waals surface area contributed by atoms with Crippen LogP contribution in [0.4, 0.5) is 0 Å². The summed E-state index contributed by atoms with van der Waals surface area (Å²) >= 11 is 0. The van der Waals surface area contributed by atoms with Crippen molar-refractivity contribution in [3.8, 4) is 0 Å². The van der Waals surface area contributed by atoms with Crippen LogP contribution in [0.1, 0.15) is 51.5 Å². The number of nitrogens with zero attached hydrogens (tertiary/aromatic N) is 1. The number of hydrogen-bond donors (Lipinski definition) is 2. The van der Waals surface area contributed by atoms with Crippen molar-refractivity contribution in [3.63, 3.8) is 0 Å². The molecule has 6 nitrogen and oxygen atoms in total. The van der Waals surface area contributed by atoms with E-state index in [1.807, 2.05) is 30.3 Å². The fourth-order valence-corrected chi connectivity index (χ4v) is 3.27. The van der Waals surface area contributed by atoms with Gasteiger partial charge in [0.25, 0.3) is 17.7 Å². The Bertz CT molecular complexity index is 785. The summed E-state index contributed by atoms with van der Waals surface area (Å²) in [5, 5.41) is 8.97. The molecule has 0 unspecified atom stereocenters. The lowest BCUT2D eigenvalue weighted by Gasteiger charge is -2.17. The van der Waals surface area contributed by atoms with E-state index in [0.717, 1.165) is 5.56 Å². The fourth-order valence-electron chi connectivity index (χ4n) is 3.27. The van der Waals surface area contributed by atoms with Crippen molar-refractivity contribution in [1.29, 1.82) is 0 Å². The Kier molecular flexibility index (Phi) is 5.43. The number of carbonyl (C=O) groups excluding carboxylic acids is 3. The van der Waals surface area contributed by atoms with Gasteiger partial charge in [-0.15, -0.1) is 0 Å². The molecule has 26 heavy (non-hydrogen) atoms. The van der Waals surface area contributed by atoms with E-state index in [-0.39, 0.29) is 11.8 Å². The van der Waals surface area contributed by atoms with E-state index in [2.05, 4.69) is 0 Å². The number of fused-ring (bicyclic) bond motifs is 1. The quantitative estimate of drug-likeness (QED) is 0.347. The third kappa shape index (κ3) is 3.50. The van der Waals surface area contributed by atoms with Gasteiger partial charge in [-0.2, -0.15) is 0 Å². The summed E-state index contributed by atoms with van der Waals surface area (Å²) < 4.78 is 0. The molecule has 0 radical (unpaired) electrons. The molecule has 3 rings (SSSR count). The molecule has 1 heterocycles. The van der Waals surface area contributed by atoms with Gasteiger partial charge >= 0.3 is 0 Å². The Morgan fingerprint density at radius 1 is 0.923 bits per heavy atom.